The molecule has 2 unspecified atom stereocenters. The highest BCUT2D eigenvalue weighted by Crippen LogP contribution is 2.35. The second-order valence-corrected chi connectivity index (χ2v) is 5.81. The first kappa shape index (κ1) is 14.0. The third-order valence-electron chi connectivity index (χ3n) is 4.09. The highest BCUT2D eigenvalue weighted by atomic mass is 14.7. The predicted octanol–water partition coefficient (Wildman–Crippen LogP) is 3.97. The van der Waals surface area contributed by atoms with Gasteiger partial charge in [0.15, 0.2) is 0 Å². The van der Waals surface area contributed by atoms with E-state index in [2.05, 4.69) is 41.5 Å². The molecule has 0 aliphatic carbocycles. The van der Waals surface area contributed by atoms with Crippen molar-refractivity contribution in [2.75, 3.05) is 0 Å². The summed E-state index contributed by atoms with van der Waals surface area (Å²) in [5.74, 6) is 0.787. The first-order valence-corrected chi connectivity index (χ1v) is 6.04. The molecule has 0 aliphatic rings. The topological polar surface area (TPSA) is 26.0 Å². The standard InChI is InChI=1S/C13H29N/c1-7-11(3)12(4,5)9-10-13(6,14)8-2/h11H,7-10,14H2,1-6H3. The Balaban J connectivity index is 4.11. The molecule has 0 amide bonds. The molecule has 0 aliphatic heterocycles. The van der Waals surface area contributed by atoms with Gasteiger partial charge in [0.05, 0.1) is 0 Å². The van der Waals surface area contributed by atoms with Crippen LogP contribution < -0.4 is 5.73 Å². The fraction of sp³-hybridized carbons (Fsp3) is 1.00. The third-order valence-corrected chi connectivity index (χ3v) is 4.09. The first-order valence-electron chi connectivity index (χ1n) is 6.04. The molecule has 86 valence electrons. The van der Waals surface area contributed by atoms with Gasteiger partial charge in [-0.15, -0.1) is 0 Å². The van der Waals surface area contributed by atoms with Gasteiger partial charge in [-0.1, -0.05) is 41.0 Å². The third kappa shape index (κ3) is 4.45. The summed E-state index contributed by atoms with van der Waals surface area (Å²) >= 11 is 0. The largest absolute Gasteiger partial charge is 0.325 e. The Bertz CT molecular complexity index is 159. The van der Waals surface area contributed by atoms with Crippen molar-refractivity contribution in [2.45, 2.75) is 72.8 Å². The molecule has 0 rings (SSSR count). The van der Waals surface area contributed by atoms with Gasteiger partial charge in [0.1, 0.15) is 0 Å². The van der Waals surface area contributed by atoms with E-state index in [9.17, 15) is 0 Å². The smallest absolute Gasteiger partial charge is 0.0123 e. The normalized spacial score (nSPS) is 19.1. The van der Waals surface area contributed by atoms with E-state index < -0.39 is 0 Å². The lowest BCUT2D eigenvalue weighted by Gasteiger charge is -2.34. The molecule has 0 aromatic heterocycles. The van der Waals surface area contributed by atoms with Crippen LogP contribution in [0.2, 0.25) is 0 Å². The first-order chi connectivity index (χ1) is 6.25. The molecule has 0 heterocycles. The molecule has 0 saturated carbocycles. The van der Waals surface area contributed by atoms with E-state index in [0.717, 1.165) is 18.8 Å². The van der Waals surface area contributed by atoms with Crippen LogP contribution in [0.4, 0.5) is 0 Å². The maximum atomic E-state index is 6.16. The molecule has 0 spiro atoms. The van der Waals surface area contributed by atoms with Crippen molar-refractivity contribution in [3.63, 3.8) is 0 Å². The Morgan fingerprint density at radius 3 is 1.93 bits per heavy atom. The molecule has 0 radical (unpaired) electrons. The van der Waals surface area contributed by atoms with Crippen molar-refractivity contribution >= 4 is 0 Å². The molecular formula is C13H29N. The zero-order valence-electron chi connectivity index (χ0n) is 11.0. The molecule has 2 atom stereocenters. The minimum absolute atomic E-state index is 0.0325. The Morgan fingerprint density at radius 2 is 1.57 bits per heavy atom. The summed E-state index contributed by atoms with van der Waals surface area (Å²) in [7, 11) is 0. The summed E-state index contributed by atoms with van der Waals surface area (Å²) in [5, 5.41) is 0. The van der Waals surface area contributed by atoms with Gasteiger partial charge >= 0.3 is 0 Å². The van der Waals surface area contributed by atoms with Crippen molar-refractivity contribution in [1.82, 2.24) is 0 Å². The van der Waals surface area contributed by atoms with Crippen molar-refractivity contribution in [3.8, 4) is 0 Å². The monoisotopic (exact) mass is 199 g/mol. The molecule has 14 heavy (non-hydrogen) atoms. The lowest BCUT2D eigenvalue weighted by molar-refractivity contribution is 0.182. The summed E-state index contributed by atoms with van der Waals surface area (Å²) in [6, 6.07) is 0. The zero-order chi connectivity index (χ0) is 11.4. The Kier molecular flexibility index (Phi) is 5.14. The van der Waals surface area contributed by atoms with Crippen LogP contribution >= 0.6 is 0 Å². The minimum Gasteiger partial charge on any atom is -0.325 e. The van der Waals surface area contributed by atoms with E-state index in [4.69, 9.17) is 5.73 Å². The lowest BCUT2D eigenvalue weighted by atomic mass is 9.73. The quantitative estimate of drug-likeness (QED) is 0.688. The van der Waals surface area contributed by atoms with Gasteiger partial charge in [-0.25, -0.2) is 0 Å². The SMILES string of the molecule is CCC(C)C(C)(C)CCC(C)(N)CC. The van der Waals surface area contributed by atoms with Gasteiger partial charge in [-0.3, -0.25) is 0 Å². The molecule has 0 bridgehead atoms. The number of rotatable bonds is 6. The van der Waals surface area contributed by atoms with Crippen LogP contribution in [-0.4, -0.2) is 5.54 Å². The number of hydrogen-bond acceptors (Lipinski definition) is 1. The van der Waals surface area contributed by atoms with E-state index >= 15 is 0 Å². The van der Waals surface area contributed by atoms with Crippen LogP contribution in [0, 0.1) is 11.3 Å². The van der Waals surface area contributed by atoms with E-state index in [-0.39, 0.29) is 5.54 Å². The summed E-state index contributed by atoms with van der Waals surface area (Å²) in [6.07, 6.45) is 4.72. The van der Waals surface area contributed by atoms with E-state index in [1.807, 2.05) is 0 Å². The van der Waals surface area contributed by atoms with Gasteiger partial charge in [0.2, 0.25) is 0 Å². The molecule has 0 aromatic rings. The molecule has 0 saturated heterocycles. The second-order valence-electron chi connectivity index (χ2n) is 5.81. The van der Waals surface area contributed by atoms with Crippen LogP contribution in [0.1, 0.15) is 67.2 Å². The number of hydrogen-bond donors (Lipinski definition) is 1. The summed E-state index contributed by atoms with van der Waals surface area (Å²) < 4.78 is 0. The van der Waals surface area contributed by atoms with Crippen LogP contribution in [-0.2, 0) is 0 Å². The molecule has 2 N–H and O–H groups in total. The molecule has 0 fully saturated rings. The summed E-state index contributed by atoms with van der Waals surface area (Å²) in [6.45, 7) is 13.7. The van der Waals surface area contributed by atoms with E-state index in [0.29, 0.717) is 5.41 Å². The summed E-state index contributed by atoms with van der Waals surface area (Å²) in [5.41, 5.74) is 6.63. The fourth-order valence-electron chi connectivity index (χ4n) is 1.58. The molecule has 0 aromatic carbocycles. The van der Waals surface area contributed by atoms with Crippen LogP contribution in [0.15, 0.2) is 0 Å². The Hall–Kier alpha value is -0.0400. The Morgan fingerprint density at radius 1 is 1.07 bits per heavy atom. The average molecular weight is 199 g/mol. The van der Waals surface area contributed by atoms with Crippen LogP contribution in [0.3, 0.4) is 0 Å². The van der Waals surface area contributed by atoms with Crippen LogP contribution in [0.25, 0.3) is 0 Å². The highest BCUT2D eigenvalue weighted by molar-refractivity contribution is 4.82. The molecule has 1 nitrogen and oxygen atoms in total. The average Bonchev–Trinajstić information content (AvgIpc) is 2.14. The summed E-state index contributed by atoms with van der Waals surface area (Å²) in [4.78, 5) is 0. The van der Waals surface area contributed by atoms with Crippen molar-refractivity contribution < 1.29 is 0 Å². The molecule has 1 heteroatoms. The van der Waals surface area contributed by atoms with Crippen molar-refractivity contribution in [3.05, 3.63) is 0 Å². The van der Waals surface area contributed by atoms with Gasteiger partial charge in [0, 0.05) is 5.54 Å². The molecular weight excluding hydrogens is 170 g/mol. The zero-order valence-corrected chi connectivity index (χ0v) is 11.0. The number of nitrogens with two attached hydrogens (primary N) is 1. The maximum absolute atomic E-state index is 6.16. The van der Waals surface area contributed by atoms with Gasteiger partial charge in [-0.05, 0) is 37.5 Å². The lowest BCUT2D eigenvalue weighted by Crippen LogP contribution is -2.37. The van der Waals surface area contributed by atoms with Crippen LogP contribution in [0.5, 0.6) is 0 Å². The van der Waals surface area contributed by atoms with Crippen molar-refractivity contribution in [1.29, 1.82) is 0 Å². The fourth-order valence-corrected chi connectivity index (χ4v) is 1.58. The van der Waals surface area contributed by atoms with Gasteiger partial charge in [0.25, 0.3) is 0 Å². The minimum atomic E-state index is 0.0325. The predicted molar refractivity (Wildman–Crippen MR) is 65.4 cm³/mol. The van der Waals surface area contributed by atoms with Gasteiger partial charge in [-0.2, -0.15) is 0 Å². The van der Waals surface area contributed by atoms with Gasteiger partial charge < -0.3 is 5.73 Å². The Labute approximate surface area is 90.5 Å². The maximum Gasteiger partial charge on any atom is 0.0123 e. The van der Waals surface area contributed by atoms with E-state index in [1.165, 1.54) is 12.8 Å². The van der Waals surface area contributed by atoms with E-state index in [1.54, 1.807) is 0 Å². The second kappa shape index (κ2) is 5.16. The highest BCUT2D eigenvalue weighted by Gasteiger charge is 2.27. The van der Waals surface area contributed by atoms with Crippen molar-refractivity contribution in [2.24, 2.45) is 17.1 Å².